The van der Waals surface area contributed by atoms with Gasteiger partial charge < -0.3 is 11.5 Å². The maximum atomic E-state index is 5.51. The minimum Gasteiger partial charge on any atom is -0.368 e. The summed E-state index contributed by atoms with van der Waals surface area (Å²) >= 11 is 0. The summed E-state index contributed by atoms with van der Waals surface area (Å²) in [5, 5.41) is 4.30. The van der Waals surface area contributed by atoms with Gasteiger partial charge in [0.05, 0.1) is 5.69 Å². The topological polar surface area (TPSA) is 109 Å². The van der Waals surface area contributed by atoms with Crippen LogP contribution in [0, 0.1) is 0 Å². The van der Waals surface area contributed by atoms with Crippen molar-refractivity contribution in [3.8, 4) is 11.5 Å². The molecule has 16 heavy (non-hydrogen) atoms. The van der Waals surface area contributed by atoms with Crippen molar-refractivity contribution >= 4 is 11.9 Å². The predicted molar refractivity (Wildman–Crippen MR) is 60.2 cm³/mol. The third-order valence-corrected chi connectivity index (χ3v) is 2.19. The molecule has 0 saturated heterocycles. The third kappa shape index (κ3) is 1.79. The van der Waals surface area contributed by atoms with Gasteiger partial charge in [-0.05, 0) is 12.5 Å². The molecule has 0 radical (unpaired) electrons. The molecule has 2 rings (SSSR count). The zero-order chi connectivity index (χ0) is 11.7. The van der Waals surface area contributed by atoms with Gasteiger partial charge in [-0.25, -0.2) is 0 Å². The fourth-order valence-corrected chi connectivity index (χ4v) is 1.43. The number of nitrogen functional groups attached to an aromatic ring is 2. The molecule has 0 atom stereocenters. The fraction of sp³-hybridized carbons (Fsp3) is 0.333. The van der Waals surface area contributed by atoms with E-state index < -0.39 is 0 Å². The van der Waals surface area contributed by atoms with Crippen LogP contribution >= 0.6 is 0 Å². The number of hydrogen-bond donors (Lipinski definition) is 2. The van der Waals surface area contributed by atoms with Crippen LogP contribution in [0.4, 0.5) is 11.9 Å². The first kappa shape index (κ1) is 10.3. The Kier molecular flexibility index (Phi) is 2.43. The van der Waals surface area contributed by atoms with Crippen molar-refractivity contribution in [1.29, 1.82) is 0 Å². The lowest BCUT2D eigenvalue weighted by Crippen LogP contribution is -2.06. The molecule has 84 valence electrons. The van der Waals surface area contributed by atoms with E-state index in [9.17, 15) is 0 Å². The molecule has 7 heteroatoms. The van der Waals surface area contributed by atoms with Crippen LogP contribution in [0.25, 0.3) is 11.5 Å². The molecule has 0 aromatic carbocycles. The molecule has 0 aliphatic carbocycles. The average Bonchev–Trinajstić information content (AvgIpc) is 2.58. The van der Waals surface area contributed by atoms with Crippen molar-refractivity contribution in [2.45, 2.75) is 13.3 Å². The molecule has 0 amide bonds. The van der Waals surface area contributed by atoms with E-state index in [0.717, 1.165) is 17.8 Å². The normalized spacial score (nSPS) is 10.6. The van der Waals surface area contributed by atoms with Gasteiger partial charge in [-0.15, -0.1) is 0 Å². The summed E-state index contributed by atoms with van der Waals surface area (Å²) in [5.74, 6) is 0.670. The first-order valence-electron chi connectivity index (χ1n) is 4.90. The molecule has 2 aromatic rings. The Morgan fingerprint density at radius 2 is 1.81 bits per heavy atom. The lowest BCUT2D eigenvalue weighted by atomic mass is 10.3. The summed E-state index contributed by atoms with van der Waals surface area (Å²) in [7, 11) is 1.82. The van der Waals surface area contributed by atoms with Crippen molar-refractivity contribution < 1.29 is 0 Å². The van der Waals surface area contributed by atoms with Gasteiger partial charge in [0.15, 0.2) is 5.82 Å². The highest BCUT2D eigenvalue weighted by molar-refractivity contribution is 5.53. The Bertz CT molecular complexity index is 496. The maximum absolute atomic E-state index is 5.51. The molecule has 0 unspecified atom stereocenters. The summed E-state index contributed by atoms with van der Waals surface area (Å²) < 4.78 is 1.70. The van der Waals surface area contributed by atoms with Gasteiger partial charge in [-0.3, -0.25) is 4.68 Å². The van der Waals surface area contributed by atoms with E-state index in [1.165, 1.54) is 0 Å². The zero-order valence-electron chi connectivity index (χ0n) is 9.18. The number of nitrogens with two attached hydrogens (primary N) is 2. The number of rotatable bonds is 2. The van der Waals surface area contributed by atoms with E-state index in [1.54, 1.807) is 4.68 Å². The molecule has 4 N–H and O–H groups in total. The number of anilines is 2. The van der Waals surface area contributed by atoms with Crippen molar-refractivity contribution in [3.63, 3.8) is 0 Å². The number of hydrogen-bond acceptors (Lipinski definition) is 6. The van der Waals surface area contributed by atoms with Gasteiger partial charge >= 0.3 is 0 Å². The van der Waals surface area contributed by atoms with Crippen LogP contribution in [-0.2, 0) is 13.5 Å². The summed E-state index contributed by atoms with van der Waals surface area (Å²) in [6.07, 6.45) is 0.851. The Labute approximate surface area is 92.5 Å². The SMILES string of the molecule is CCc1cc(-c2nc(N)nc(N)n2)n(C)n1. The number of nitrogens with zero attached hydrogens (tertiary/aromatic N) is 5. The van der Waals surface area contributed by atoms with Crippen LogP contribution in [0.3, 0.4) is 0 Å². The van der Waals surface area contributed by atoms with Crippen LogP contribution in [0.5, 0.6) is 0 Å². The van der Waals surface area contributed by atoms with Crippen molar-refractivity contribution in [2.75, 3.05) is 11.5 Å². The Hall–Kier alpha value is -2.18. The van der Waals surface area contributed by atoms with E-state index in [2.05, 4.69) is 20.1 Å². The average molecular weight is 219 g/mol. The molecule has 2 heterocycles. The molecule has 0 spiro atoms. The van der Waals surface area contributed by atoms with Crippen LogP contribution in [0.2, 0.25) is 0 Å². The first-order chi connectivity index (χ1) is 7.60. The smallest absolute Gasteiger partial charge is 0.225 e. The van der Waals surface area contributed by atoms with Gasteiger partial charge in [0.25, 0.3) is 0 Å². The van der Waals surface area contributed by atoms with Crippen molar-refractivity contribution in [1.82, 2.24) is 24.7 Å². The lowest BCUT2D eigenvalue weighted by molar-refractivity contribution is 0.748. The second-order valence-corrected chi connectivity index (χ2v) is 3.37. The summed E-state index contributed by atoms with van der Waals surface area (Å²) in [6.45, 7) is 2.03. The second-order valence-electron chi connectivity index (χ2n) is 3.37. The van der Waals surface area contributed by atoms with E-state index in [1.807, 2.05) is 20.0 Å². The van der Waals surface area contributed by atoms with Gasteiger partial charge in [0.2, 0.25) is 11.9 Å². The Balaban J connectivity index is 2.53. The van der Waals surface area contributed by atoms with Crippen molar-refractivity contribution in [3.05, 3.63) is 11.8 Å². The lowest BCUT2D eigenvalue weighted by Gasteiger charge is -2.01. The molecular formula is C9H13N7. The minimum absolute atomic E-state index is 0.113. The van der Waals surface area contributed by atoms with Crippen LogP contribution in [0.15, 0.2) is 6.07 Å². The standard InChI is InChI=1S/C9H13N7/c1-3-5-4-6(16(2)15-5)7-12-8(10)14-9(11)13-7/h4H,3H2,1-2H3,(H4,10,11,12,13,14). The monoisotopic (exact) mass is 219 g/mol. The zero-order valence-corrected chi connectivity index (χ0v) is 9.18. The van der Waals surface area contributed by atoms with Crippen LogP contribution < -0.4 is 11.5 Å². The van der Waals surface area contributed by atoms with Crippen LogP contribution in [0.1, 0.15) is 12.6 Å². The predicted octanol–water partition coefficient (Wildman–Crippen LogP) is -0.00110. The minimum atomic E-state index is 0.113. The van der Waals surface area contributed by atoms with E-state index >= 15 is 0 Å². The summed E-state index contributed by atoms with van der Waals surface area (Å²) in [4.78, 5) is 11.8. The van der Waals surface area contributed by atoms with E-state index in [-0.39, 0.29) is 11.9 Å². The molecule has 0 aliphatic rings. The molecule has 0 aliphatic heterocycles. The van der Waals surface area contributed by atoms with Crippen molar-refractivity contribution in [2.24, 2.45) is 7.05 Å². The molecule has 0 fully saturated rings. The van der Waals surface area contributed by atoms with Gasteiger partial charge in [0, 0.05) is 7.05 Å². The maximum Gasteiger partial charge on any atom is 0.225 e. The van der Waals surface area contributed by atoms with Gasteiger partial charge in [0.1, 0.15) is 5.69 Å². The van der Waals surface area contributed by atoms with Gasteiger partial charge in [-0.2, -0.15) is 20.1 Å². The highest BCUT2D eigenvalue weighted by Crippen LogP contribution is 2.17. The Morgan fingerprint density at radius 3 is 2.31 bits per heavy atom. The van der Waals surface area contributed by atoms with Gasteiger partial charge in [-0.1, -0.05) is 6.92 Å². The largest absolute Gasteiger partial charge is 0.368 e. The number of aromatic nitrogens is 5. The molecule has 2 aromatic heterocycles. The third-order valence-electron chi connectivity index (χ3n) is 2.19. The number of aryl methyl sites for hydroxylation is 2. The molecule has 7 nitrogen and oxygen atoms in total. The van der Waals surface area contributed by atoms with E-state index in [0.29, 0.717) is 5.82 Å². The fourth-order valence-electron chi connectivity index (χ4n) is 1.43. The Morgan fingerprint density at radius 1 is 1.19 bits per heavy atom. The summed E-state index contributed by atoms with van der Waals surface area (Å²) in [5.41, 5.74) is 12.8. The van der Waals surface area contributed by atoms with Crippen LogP contribution in [-0.4, -0.2) is 24.7 Å². The highest BCUT2D eigenvalue weighted by Gasteiger charge is 2.11. The van der Waals surface area contributed by atoms with E-state index in [4.69, 9.17) is 11.5 Å². The molecule has 0 saturated carbocycles. The summed E-state index contributed by atoms with van der Waals surface area (Å²) in [6, 6.07) is 1.91. The highest BCUT2D eigenvalue weighted by atomic mass is 15.3. The quantitative estimate of drug-likeness (QED) is 0.735. The molecule has 0 bridgehead atoms. The molecular weight excluding hydrogens is 206 g/mol. The first-order valence-corrected chi connectivity index (χ1v) is 4.90. The second kappa shape index (κ2) is 3.76.